The number of hydrogen-bond acceptors (Lipinski definition) is 6. The van der Waals surface area contributed by atoms with Crippen LogP contribution in [0, 0.1) is 0 Å². The summed E-state index contributed by atoms with van der Waals surface area (Å²) in [5.74, 6) is -0.936. The lowest BCUT2D eigenvalue weighted by Crippen LogP contribution is -2.31. The molecule has 112 valence electrons. The number of likely N-dealkylation sites (N-methyl/N-ethyl adjacent to an activating group) is 1. The molecule has 6 nitrogen and oxygen atoms in total. The molecule has 0 aromatic carbocycles. The van der Waals surface area contributed by atoms with Crippen LogP contribution in [0.25, 0.3) is 0 Å². The normalized spacial score (nSPS) is 15.7. The maximum Gasteiger partial charge on any atom is 0.347 e. The van der Waals surface area contributed by atoms with Crippen molar-refractivity contribution in [3.05, 3.63) is 10.6 Å². The van der Waals surface area contributed by atoms with E-state index in [1.54, 1.807) is 7.11 Å². The third kappa shape index (κ3) is 3.68. The second kappa shape index (κ2) is 7.01. The monoisotopic (exact) mass is 299 g/mol. The van der Waals surface area contributed by atoms with Crippen LogP contribution >= 0.6 is 11.3 Å². The van der Waals surface area contributed by atoms with E-state index >= 15 is 0 Å². The Morgan fingerprint density at radius 2 is 2.20 bits per heavy atom. The lowest BCUT2D eigenvalue weighted by atomic mass is 10.4. The highest BCUT2D eigenvalue weighted by Crippen LogP contribution is 2.26. The van der Waals surface area contributed by atoms with Gasteiger partial charge in [0.05, 0.1) is 12.3 Å². The number of carboxylic acid groups (broad SMARTS) is 1. The van der Waals surface area contributed by atoms with E-state index in [2.05, 4.69) is 9.88 Å². The Balaban J connectivity index is 1.99. The zero-order chi connectivity index (χ0) is 14.5. The zero-order valence-corrected chi connectivity index (χ0v) is 12.8. The van der Waals surface area contributed by atoms with E-state index < -0.39 is 5.97 Å². The van der Waals surface area contributed by atoms with Gasteiger partial charge in [0, 0.05) is 27.2 Å². The number of rotatable bonds is 7. The van der Waals surface area contributed by atoms with Gasteiger partial charge in [-0.05, 0) is 25.9 Å². The lowest BCUT2D eigenvalue weighted by Gasteiger charge is -2.20. The molecule has 0 aliphatic carbocycles. The number of aromatic nitrogens is 1. The highest BCUT2D eigenvalue weighted by molar-refractivity contribution is 7.17. The first-order valence-electron chi connectivity index (χ1n) is 6.77. The van der Waals surface area contributed by atoms with Gasteiger partial charge in [0.1, 0.15) is 4.88 Å². The van der Waals surface area contributed by atoms with Crippen LogP contribution in [0.4, 0.5) is 5.13 Å². The molecule has 1 saturated heterocycles. The number of nitrogens with zero attached hydrogens (tertiary/aromatic N) is 3. The number of carbonyl (C=O) groups is 1. The molecule has 1 aromatic heterocycles. The standard InChI is InChI=1S/C13H21N3O3S/c1-15(7-8-16-5-3-4-6-16)13-14-10(9-19-2)11(20-13)12(17)18/h3-9H2,1-2H3,(H,17,18). The molecule has 0 saturated carbocycles. The van der Waals surface area contributed by atoms with E-state index in [4.69, 9.17) is 4.74 Å². The fraction of sp³-hybridized carbons (Fsp3) is 0.692. The third-order valence-corrected chi connectivity index (χ3v) is 4.64. The summed E-state index contributed by atoms with van der Waals surface area (Å²) in [5, 5.41) is 9.92. The molecule has 2 rings (SSSR count). The van der Waals surface area contributed by atoms with E-state index in [-0.39, 0.29) is 11.5 Å². The first kappa shape index (κ1) is 15.2. The van der Waals surface area contributed by atoms with Crippen LogP contribution in [0.1, 0.15) is 28.2 Å². The molecule has 2 heterocycles. The Morgan fingerprint density at radius 1 is 1.50 bits per heavy atom. The number of thiazole rings is 1. The Kier molecular flexibility index (Phi) is 5.33. The van der Waals surface area contributed by atoms with Gasteiger partial charge in [-0.3, -0.25) is 0 Å². The molecule has 1 fully saturated rings. The average molecular weight is 299 g/mol. The number of carboxylic acids is 1. The van der Waals surface area contributed by atoms with Crippen LogP contribution in [0.15, 0.2) is 0 Å². The fourth-order valence-electron chi connectivity index (χ4n) is 2.30. The number of hydrogen-bond donors (Lipinski definition) is 1. The van der Waals surface area contributed by atoms with Gasteiger partial charge in [-0.1, -0.05) is 11.3 Å². The van der Waals surface area contributed by atoms with Crippen molar-refractivity contribution in [2.45, 2.75) is 19.4 Å². The van der Waals surface area contributed by atoms with Crippen LogP contribution in [-0.4, -0.2) is 61.3 Å². The third-order valence-electron chi connectivity index (χ3n) is 3.44. The van der Waals surface area contributed by atoms with Crippen LogP contribution in [0.2, 0.25) is 0 Å². The van der Waals surface area contributed by atoms with E-state index in [0.29, 0.717) is 5.69 Å². The number of likely N-dealkylation sites (tertiary alicyclic amines) is 1. The number of ether oxygens (including phenoxy) is 1. The van der Waals surface area contributed by atoms with Gasteiger partial charge in [-0.25, -0.2) is 9.78 Å². The molecule has 0 bridgehead atoms. The lowest BCUT2D eigenvalue weighted by molar-refractivity contribution is 0.0697. The summed E-state index contributed by atoms with van der Waals surface area (Å²) in [4.78, 5) is 20.3. The molecule has 1 aliphatic rings. The molecule has 0 radical (unpaired) electrons. The highest BCUT2D eigenvalue weighted by atomic mass is 32.1. The van der Waals surface area contributed by atoms with Crippen molar-refractivity contribution in [1.29, 1.82) is 0 Å². The summed E-state index contributed by atoms with van der Waals surface area (Å²) < 4.78 is 5.01. The highest BCUT2D eigenvalue weighted by Gasteiger charge is 2.19. The molecular weight excluding hydrogens is 278 g/mol. The molecule has 0 amide bonds. The van der Waals surface area contributed by atoms with Gasteiger partial charge in [0.15, 0.2) is 5.13 Å². The van der Waals surface area contributed by atoms with Crippen molar-refractivity contribution < 1.29 is 14.6 Å². The van der Waals surface area contributed by atoms with Crippen molar-refractivity contribution in [1.82, 2.24) is 9.88 Å². The van der Waals surface area contributed by atoms with Crippen LogP contribution < -0.4 is 4.90 Å². The van der Waals surface area contributed by atoms with Crippen LogP contribution in [-0.2, 0) is 11.3 Å². The van der Waals surface area contributed by atoms with Crippen molar-refractivity contribution in [3.63, 3.8) is 0 Å². The Hall–Kier alpha value is -1.18. The van der Waals surface area contributed by atoms with Gasteiger partial charge in [-0.2, -0.15) is 0 Å². The van der Waals surface area contributed by atoms with Crippen molar-refractivity contribution in [2.24, 2.45) is 0 Å². The van der Waals surface area contributed by atoms with Crippen molar-refractivity contribution in [3.8, 4) is 0 Å². The first-order valence-corrected chi connectivity index (χ1v) is 7.59. The van der Waals surface area contributed by atoms with E-state index in [0.717, 1.165) is 18.2 Å². The summed E-state index contributed by atoms with van der Waals surface area (Å²) in [6.07, 6.45) is 2.56. The van der Waals surface area contributed by atoms with Crippen molar-refractivity contribution >= 4 is 22.4 Å². The first-order chi connectivity index (χ1) is 9.61. The Bertz CT molecular complexity index is 458. The number of methoxy groups -OCH3 is 1. The summed E-state index contributed by atoms with van der Waals surface area (Å²) in [6.45, 7) is 4.43. The molecule has 0 unspecified atom stereocenters. The molecule has 1 aliphatic heterocycles. The summed E-state index contributed by atoms with van der Waals surface area (Å²) in [7, 11) is 3.50. The second-order valence-electron chi connectivity index (χ2n) is 4.98. The summed E-state index contributed by atoms with van der Waals surface area (Å²) in [6, 6.07) is 0. The molecule has 1 N–H and O–H groups in total. The van der Waals surface area contributed by atoms with Crippen molar-refractivity contribution in [2.75, 3.05) is 45.2 Å². The van der Waals surface area contributed by atoms with Crippen LogP contribution in [0.3, 0.4) is 0 Å². The zero-order valence-electron chi connectivity index (χ0n) is 12.0. The maximum absolute atomic E-state index is 11.2. The van der Waals surface area contributed by atoms with Crippen LogP contribution in [0.5, 0.6) is 0 Å². The fourth-order valence-corrected chi connectivity index (χ4v) is 3.19. The SMILES string of the molecule is COCc1nc(N(C)CCN2CCCC2)sc1C(=O)O. The Labute approximate surface area is 123 Å². The number of aromatic carboxylic acids is 1. The average Bonchev–Trinajstić information content (AvgIpc) is 3.05. The molecule has 0 spiro atoms. The molecule has 20 heavy (non-hydrogen) atoms. The number of anilines is 1. The molecule has 1 aromatic rings. The van der Waals surface area contributed by atoms with E-state index in [9.17, 15) is 9.90 Å². The van der Waals surface area contributed by atoms with Gasteiger partial charge in [0.25, 0.3) is 0 Å². The minimum atomic E-state index is -0.936. The van der Waals surface area contributed by atoms with Gasteiger partial charge >= 0.3 is 5.97 Å². The second-order valence-corrected chi connectivity index (χ2v) is 5.96. The maximum atomic E-state index is 11.2. The Morgan fingerprint density at radius 3 is 2.80 bits per heavy atom. The molecule has 7 heteroatoms. The quantitative estimate of drug-likeness (QED) is 0.823. The molecule has 0 atom stereocenters. The summed E-state index contributed by atoms with van der Waals surface area (Å²) >= 11 is 1.21. The summed E-state index contributed by atoms with van der Waals surface area (Å²) in [5.41, 5.74) is 0.507. The smallest absolute Gasteiger partial charge is 0.347 e. The van der Waals surface area contributed by atoms with E-state index in [1.165, 1.54) is 37.3 Å². The van der Waals surface area contributed by atoms with Gasteiger partial charge in [-0.15, -0.1) is 0 Å². The predicted octanol–water partition coefficient (Wildman–Crippen LogP) is 1.52. The van der Waals surface area contributed by atoms with E-state index in [1.807, 2.05) is 11.9 Å². The predicted molar refractivity (Wildman–Crippen MR) is 78.7 cm³/mol. The largest absolute Gasteiger partial charge is 0.477 e. The van der Waals surface area contributed by atoms with Gasteiger partial charge < -0.3 is 19.6 Å². The molecular formula is C13H21N3O3S. The minimum absolute atomic E-state index is 0.234. The minimum Gasteiger partial charge on any atom is -0.477 e. The van der Waals surface area contributed by atoms with Gasteiger partial charge in [0.2, 0.25) is 0 Å². The topological polar surface area (TPSA) is 65.9 Å².